The first-order valence-corrected chi connectivity index (χ1v) is 7.21. The van der Waals surface area contributed by atoms with Gasteiger partial charge in [-0.15, -0.1) is 0 Å². The summed E-state index contributed by atoms with van der Waals surface area (Å²) in [4.78, 5) is 11.6. The van der Waals surface area contributed by atoms with Crippen molar-refractivity contribution < 1.29 is 15.0 Å². The highest BCUT2D eigenvalue weighted by Crippen LogP contribution is 2.27. The summed E-state index contributed by atoms with van der Waals surface area (Å²) in [5.74, 6) is 5.07. The zero-order chi connectivity index (χ0) is 17.1. The number of carbonyl (C=O) groups is 1. The largest absolute Gasteiger partial charge is 0.508 e. The predicted octanol–water partition coefficient (Wildman–Crippen LogP) is 2.89. The smallest absolute Gasteiger partial charge is 0.336 e. The van der Waals surface area contributed by atoms with Crippen LogP contribution in [0.15, 0.2) is 54.9 Å². The maximum absolute atomic E-state index is 11.6. The van der Waals surface area contributed by atoms with Crippen LogP contribution in [0.2, 0.25) is 0 Å². The number of carboxylic acids is 1. The van der Waals surface area contributed by atoms with Crippen LogP contribution in [0.25, 0.3) is 11.1 Å². The van der Waals surface area contributed by atoms with Gasteiger partial charge in [0, 0.05) is 35.5 Å². The molecule has 0 spiro atoms. The first kappa shape index (κ1) is 15.4. The molecule has 0 aliphatic rings. The molecule has 118 valence electrons. The molecule has 0 saturated heterocycles. The predicted molar refractivity (Wildman–Crippen MR) is 89.7 cm³/mol. The van der Waals surface area contributed by atoms with E-state index in [4.69, 9.17) is 0 Å². The van der Waals surface area contributed by atoms with E-state index < -0.39 is 5.97 Å². The minimum atomic E-state index is -1.02. The molecule has 24 heavy (non-hydrogen) atoms. The van der Waals surface area contributed by atoms with Crippen molar-refractivity contribution in [1.82, 2.24) is 9.78 Å². The van der Waals surface area contributed by atoms with E-state index in [2.05, 4.69) is 16.9 Å². The normalized spacial score (nSPS) is 10.0. The molecule has 3 rings (SSSR count). The number of aromatic nitrogens is 2. The van der Waals surface area contributed by atoms with Gasteiger partial charge in [0.15, 0.2) is 0 Å². The van der Waals surface area contributed by atoms with E-state index in [1.165, 1.54) is 0 Å². The van der Waals surface area contributed by atoms with Crippen LogP contribution in [0.5, 0.6) is 5.75 Å². The molecule has 2 aromatic carbocycles. The second-order valence-electron chi connectivity index (χ2n) is 5.24. The molecule has 0 aliphatic heterocycles. The Morgan fingerprint density at radius 1 is 1.17 bits per heavy atom. The van der Waals surface area contributed by atoms with Gasteiger partial charge >= 0.3 is 5.97 Å². The van der Waals surface area contributed by atoms with Crippen LogP contribution in [0, 0.1) is 11.8 Å². The van der Waals surface area contributed by atoms with Crippen LogP contribution < -0.4 is 0 Å². The summed E-state index contributed by atoms with van der Waals surface area (Å²) in [6, 6.07) is 11.6. The lowest BCUT2D eigenvalue weighted by Gasteiger charge is -2.06. The number of benzene rings is 2. The molecule has 1 aromatic heterocycles. The van der Waals surface area contributed by atoms with Gasteiger partial charge in [-0.1, -0.05) is 24.0 Å². The second kappa shape index (κ2) is 6.31. The van der Waals surface area contributed by atoms with Crippen molar-refractivity contribution in [2.45, 2.75) is 0 Å². The number of nitrogens with zero attached hydrogens (tertiary/aromatic N) is 2. The fraction of sp³-hybridized carbons (Fsp3) is 0.0526. The third kappa shape index (κ3) is 3.13. The second-order valence-corrected chi connectivity index (χ2v) is 5.24. The van der Waals surface area contributed by atoms with Crippen molar-refractivity contribution in [2.75, 3.05) is 0 Å². The van der Waals surface area contributed by atoms with E-state index in [1.807, 2.05) is 0 Å². The summed E-state index contributed by atoms with van der Waals surface area (Å²) < 4.78 is 1.61. The average molecular weight is 318 g/mol. The Morgan fingerprint density at radius 2 is 1.96 bits per heavy atom. The average Bonchev–Trinajstić information content (AvgIpc) is 2.98. The number of aryl methyl sites for hydroxylation is 1. The van der Waals surface area contributed by atoms with Gasteiger partial charge in [-0.25, -0.2) is 4.79 Å². The zero-order valence-corrected chi connectivity index (χ0v) is 12.9. The molecule has 0 radical (unpaired) electrons. The minimum absolute atomic E-state index is 0.133. The van der Waals surface area contributed by atoms with Gasteiger partial charge in [-0.2, -0.15) is 5.10 Å². The quantitative estimate of drug-likeness (QED) is 0.712. The fourth-order valence-corrected chi connectivity index (χ4v) is 2.42. The maximum atomic E-state index is 11.6. The number of aromatic carboxylic acids is 1. The van der Waals surface area contributed by atoms with E-state index in [1.54, 1.807) is 66.6 Å². The SMILES string of the molecule is Cn1cc(-c2c(C#Cc3cccc(O)c3)cccc2C(=O)O)cn1. The number of phenols is 1. The molecule has 1 heterocycles. The van der Waals surface area contributed by atoms with Gasteiger partial charge < -0.3 is 10.2 Å². The molecule has 0 fully saturated rings. The third-order valence-electron chi connectivity index (χ3n) is 3.48. The highest BCUT2D eigenvalue weighted by atomic mass is 16.4. The van der Waals surface area contributed by atoms with Crippen LogP contribution in [-0.2, 0) is 7.05 Å². The molecular weight excluding hydrogens is 304 g/mol. The summed E-state index contributed by atoms with van der Waals surface area (Å²) in [5, 5.41) is 23.1. The van der Waals surface area contributed by atoms with Crippen molar-refractivity contribution >= 4 is 5.97 Å². The maximum Gasteiger partial charge on any atom is 0.336 e. The lowest BCUT2D eigenvalue weighted by molar-refractivity contribution is 0.0697. The lowest BCUT2D eigenvalue weighted by atomic mass is 9.96. The first-order chi connectivity index (χ1) is 11.5. The monoisotopic (exact) mass is 318 g/mol. The summed E-state index contributed by atoms with van der Waals surface area (Å²) >= 11 is 0. The Labute approximate surface area is 138 Å². The van der Waals surface area contributed by atoms with Crippen LogP contribution in [-0.4, -0.2) is 26.0 Å². The van der Waals surface area contributed by atoms with Gasteiger partial charge in [0.1, 0.15) is 5.75 Å². The molecule has 0 bridgehead atoms. The van der Waals surface area contributed by atoms with Crippen molar-refractivity contribution in [2.24, 2.45) is 7.05 Å². The highest BCUT2D eigenvalue weighted by molar-refractivity contribution is 5.97. The van der Waals surface area contributed by atoms with Crippen molar-refractivity contribution in [3.63, 3.8) is 0 Å². The van der Waals surface area contributed by atoms with Crippen molar-refractivity contribution in [3.05, 3.63) is 71.5 Å². The number of carboxylic acid groups (broad SMARTS) is 1. The number of hydrogen-bond acceptors (Lipinski definition) is 3. The zero-order valence-electron chi connectivity index (χ0n) is 12.9. The number of rotatable bonds is 2. The summed E-state index contributed by atoms with van der Waals surface area (Å²) in [6.45, 7) is 0. The van der Waals surface area contributed by atoms with Crippen LogP contribution in [0.3, 0.4) is 0 Å². The standard InChI is InChI=1S/C19H14N2O3/c1-21-12-15(11-20-21)18-14(5-3-7-17(18)19(23)24)9-8-13-4-2-6-16(22)10-13/h2-7,10-12,22H,1H3,(H,23,24). The van der Waals surface area contributed by atoms with E-state index in [-0.39, 0.29) is 11.3 Å². The molecule has 5 nitrogen and oxygen atoms in total. The van der Waals surface area contributed by atoms with E-state index in [0.717, 1.165) is 0 Å². The van der Waals surface area contributed by atoms with Crippen molar-refractivity contribution in [3.8, 4) is 28.7 Å². The van der Waals surface area contributed by atoms with Gasteiger partial charge in [0.05, 0.1) is 11.8 Å². The fourth-order valence-electron chi connectivity index (χ4n) is 2.42. The van der Waals surface area contributed by atoms with E-state index in [0.29, 0.717) is 22.3 Å². The summed E-state index contributed by atoms with van der Waals surface area (Å²) in [7, 11) is 1.77. The van der Waals surface area contributed by atoms with Crippen LogP contribution in [0.4, 0.5) is 0 Å². The highest BCUT2D eigenvalue weighted by Gasteiger charge is 2.16. The van der Waals surface area contributed by atoms with Gasteiger partial charge in [-0.3, -0.25) is 4.68 Å². The van der Waals surface area contributed by atoms with Gasteiger partial charge in [0.25, 0.3) is 0 Å². The summed E-state index contributed by atoms with van der Waals surface area (Å²) in [5.41, 5.74) is 2.63. The molecule has 0 saturated carbocycles. The minimum Gasteiger partial charge on any atom is -0.508 e. The Bertz CT molecular complexity index is 978. The van der Waals surface area contributed by atoms with Gasteiger partial charge in [0.2, 0.25) is 0 Å². The topological polar surface area (TPSA) is 75.4 Å². The molecule has 0 aliphatic carbocycles. The molecule has 0 amide bonds. The lowest BCUT2D eigenvalue weighted by Crippen LogP contribution is -2.01. The molecular formula is C19H14N2O3. The Kier molecular flexibility index (Phi) is 4.04. The molecule has 0 atom stereocenters. The molecule has 3 aromatic rings. The Balaban J connectivity index is 2.15. The molecule has 2 N–H and O–H groups in total. The van der Waals surface area contributed by atoms with E-state index in [9.17, 15) is 15.0 Å². The number of phenolic OH excluding ortho intramolecular Hbond substituents is 1. The third-order valence-corrected chi connectivity index (χ3v) is 3.48. The van der Waals surface area contributed by atoms with E-state index >= 15 is 0 Å². The Morgan fingerprint density at radius 3 is 2.62 bits per heavy atom. The van der Waals surface area contributed by atoms with Crippen LogP contribution >= 0.6 is 0 Å². The molecule has 5 heteroatoms. The number of aromatic hydroxyl groups is 1. The van der Waals surface area contributed by atoms with Crippen LogP contribution in [0.1, 0.15) is 21.5 Å². The van der Waals surface area contributed by atoms with Gasteiger partial charge in [-0.05, 0) is 30.3 Å². The number of hydrogen-bond donors (Lipinski definition) is 2. The Hall–Kier alpha value is -3.52. The first-order valence-electron chi connectivity index (χ1n) is 7.21. The summed E-state index contributed by atoms with van der Waals surface area (Å²) in [6.07, 6.45) is 3.36. The van der Waals surface area contributed by atoms with Crippen molar-refractivity contribution in [1.29, 1.82) is 0 Å². The molecule has 0 unspecified atom stereocenters.